The van der Waals surface area contributed by atoms with Crippen molar-refractivity contribution in [2.24, 2.45) is 0 Å². The third-order valence-corrected chi connectivity index (χ3v) is 3.99. The van der Waals surface area contributed by atoms with Crippen molar-refractivity contribution >= 4 is 44.3 Å². The minimum absolute atomic E-state index is 0.0853. The van der Waals surface area contributed by atoms with Gasteiger partial charge in [0.15, 0.2) is 5.78 Å². The number of Topliss-reactive ketones (excluding diaryl/α,β-unsaturated/α-hetero) is 1. The SMILES string of the molecule is CC(=O)c1cccc(NC(=O)c2cc3cc(Br)ccc3oc2=N)c1. The number of carbonyl (C=O) groups excluding carboxylic acids is 2. The van der Waals surface area contributed by atoms with E-state index in [0.29, 0.717) is 22.2 Å². The van der Waals surface area contributed by atoms with Gasteiger partial charge in [-0.05, 0) is 43.3 Å². The van der Waals surface area contributed by atoms with Gasteiger partial charge >= 0.3 is 0 Å². The summed E-state index contributed by atoms with van der Waals surface area (Å²) in [6.45, 7) is 1.46. The van der Waals surface area contributed by atoms with Gasteiger partial charge in [0.1, 0.15) is 11.1 Å². The summed E-state index contributed by atoms with van der Waals surface area (Å²) in [7, 11) is 0. The van der Waals surface area contributed by atoms with Crippen LogP contribution < -0.4 is 10.9 Å². The molecule has 0 unspecified atom stereocenters. The van der Waals surface area contributed by atoms with Crippen LogP contribution in [-0.2, 0) is 0 Å². The third kappa shape index (κ3) is 3.28. The normalized spacial score (nSPS) is 10.6. The predicted molar refractivity (Wildman–Crippen MR) is 94.2 cm³/mol. The van der Waals surface area contributed by atoms with Crippen molar-refractivity contribution in [1.29, 1.82) is 5.41 Å². The number of nitrogens with one attached hydrogen (secondary N) is 2. The fraction of sp³-hybridized carbons (Fsp3) is 0.0556. The molecule has 1 aromatic heterocycles. The number of amides is 1. The first kappa shape index (κ1) is 16.1. The van der Waals surface area contributed by atoms with Crippen LogP contribution in [0, 0.1) is 5.41 Å². The zero-order valence-electron chi connectivity index (χ0n) is 12.7. The molecule has 120 valence electrons. The summed E-state index contributed by atoms with van der Waals surface area (Å²) in [4.78, 5) is 23.9. The molecule has 24 heavy (non-hydrogen) atoms. The molecule has 0 radical (unpaired) electrons. The highest BCUT2D eigenvalue weighted by Crippen LogP contribution is 2.20. The maximum atomic E-state index is 12.5. The van der Waals surface area contributed by atoms with Gasteiger partial charge in [-0.2, -0.15) is 0 Å². The molecule has 0 saturated heterocycles. The Bertz CT molecular complexity index is 1020. The Labute approximate surface area is 145 Å². The number of hydrogen-bond acceptors (Lipinski definition) is 4. The van der Waals surface area contributed by atoms with Crippen molar-refractivity contribution < 1.29 is 14.0 Å². The van der Waals surface area contributed by atoms with Crippen molar-refractivity contribution in [2.45, 2.75) is 6.92 Å². The molecule has 0 fully saturated rings. The first-order valence-corrected chi connectivity index (χ1v) is 7.94. The topological polar surface area (TPSA) is 83.2 Å². The van der Waals surface area contributed by atoms with Crippen LogP contribution in [0.15, 0.2) is 57.4 Å². The molecule has 3 rings (SSSR count). The highest BCUT2D eigenvalue weighted by atomic mass is 79.9. The van der Waals surface area contributed by atoms with Crippen molar-refractivity contribution in [3.8, 4) is 0 Å². The molecule has 0 spiro atoms. The Morgan fingerprint density at radius 3 is 2.67 bits per heavy atom. The third-order valence-electron chi connectivity index (χ3n) is 3.50. The van der Waals surface area contributed by atoms with E-state index >= 15 is 0 Å². The Hall–Kier alpha value is -2.73. The van der Waals surface area contributed by atoms with Gasteiger partial charge in [0.05, 0.1) is 0 Å². The number of halogens is 1. The molecular formula is C18H13BrN2O3. The maximum Gasteiger partial charge on any atom is 0.261 e. The molecule has 1 amide bonds. The first-order valence-electron chi connectivity index (χ1n) is 7.14. The highest BCUT2D eigenvalue weighted by molar-refractivity contribution is 9.10. The van der Waals surface area contributed by atoms with Crippen LogP contribution in [0.5, 0.6) is 0 Å². The van der Waals surface area contributed by atoms with E-state index in [2.05, 4.69) is 21.2 Å². The van der Waals surface area contributed by atoms with Gasteiger partial charge in [0.25, 0.3) is 5.91 Å². The molecule has 0 aliphatic rings. The molecule has 0 saturated carbocycles. The summed E-state index contributed by atoms with van der Waals surface area (Å²) in [5, 5.41) is 11.3. The van der Waals surface area contributed by atoms with E-state index in [0.717, 1.165) is 4.47 Å². The van der Waals surface area contributed by atoms with Crippen LogP contribution in [0.1, 0.15) is 27.6 Å². The predicted octanol–water partition coefficient (Wildman–Crippen LogP) is 4.13. The summed E-state index contributed by atoms with van der Waals surface area (Å²) in [6, 6.07) is 13.6. The van der Waals surface area contributed by atoms with E-state index in [1.54, 1.807) is 42.5 Å². The van der Waals surface area contributed by atoms with E-state index in [1.165, 1.54) is 6.92 Å². The van der Waals surface area contributed by atoms with Gasteiger partial charge in [-0.1, -0.05) is 28.1 Å². The summed E-state index contributed by atoms with van der Waals surface area (Å²) < 4.78 is 6.25. The number of benzene rings is 2. The molecule has 3 aromatic rings. The Kier molecular flexibility index (Phi) is 4.31. The average molecular weight is 385 g/mol. The zero-order valence-corrected chi connectivity index (χ0v) is 14.3. The second kappa shape index (κ2) is 6.41. The second-order valence-corrected chi connectivity index (χ2v) is 6.18. The van der Waals surface area contributed by atoms with Gasteiger partial charge in [0, 0.05) is 21.1 Å². The lowest BCUT2D eigenvalue weighted by Crippen LogP contribution is -2.20. The van der Waals surface area contributed by atoms with E-state index in [4.69, 9.17) is 9.83 Å². The fourth-order valence-corrected chi connectivity index (χ4v) is 2.67. The van der Waals surface area contributed by atoms with Crippen LogP contribution >= 0.6 is 15.9 Å². The van der Waals surface area contributed by atoms with E-state index in [1.807, 2.05) is 6.07 Å². The quantitative estimate of drug-likeness (QED) is 0.665. The first-order chi connectivity index (χ1) is 11.4. The summed E-state index contributed by atoms with van der Waals surface area (Å²) in [6.07, 6.45) is 0. The smallest absolute Gasteiger partial charge is 0.261 e. The van der Waals surface area contributed by atoms with Gasteiger partial charge in [0.2, 0.25) is 5.55 Å². The number of anilines is 1. The highest BCUT2D eigenvalue weighted by Gasteiger charge is 2.13. The van der Waals surface area contributed by atoms with E-state index in [9.17, 15) is 9.59 Å². The molecule has 0 atom stereocenters. The van der Waals surface area contributed by atoms with Gasteiger partial charge < -0.3 is 9.73 Å². The summed E-state index contributed by atoms with van der Waals surface area (Å²) in [5.41, 5.74) is 1.42. The van der Waals surface area contributed by atoms with Crippen LogP contribution in [-0.4, -0.2) is 11.7 Å². The minimum atomic E-state index is -0.466. The van der Waals surface area contributed by atoms with Crippen LogP contribution in [0.4, 0.5) is 5.69 Å². The number of rotatable bonds is 3. The Morgan fingerprint density at radius 1 is 1.12 bits per heavy atom. The van der Waals surface area contributed by atoms with Crippen LogP contribution in [0.25, 0.3) is 11.0 Å². The molecule has 1 heterocycles. The number of hydrogen-bond donors (Lipinski definition) is 2. The molecule has 2 N–H and O–H groups in total. The largest absolute Gasteiger partial charge is 0.438 e. The molecule has 2 aromatic carbocycles. The Morgan fingerprint density at radius 2 is 1.92 bits per heavy atom. The second-order valence-electron chi connectivity index (χ2n) is 5.26. The van der Waals surface area contributed by atoms with E-state index < -0.39 is 5.91 Å². The average Bonchev–Trinajstić information content (AvgIpc) is 2.54. The minimum Gasteiger partial charge on any atom is -0.438 e. The summed E-state index contributed by atoms with van der Waals surface area (Å²) >= 11 is 3.37. The molecule has 0 aliphatic carbocycles. The lowest BCUT2D eigenvalue weighted by Gasteiger charge is -2.07. The summed E-state index contributed by atoms with van der Waals surface area (Å²) in [5.74, 6) is -0.552. The monoisotopic (exact) mass is 384 g/mol. The molecule has 0 bridgehead atoms. The Balaban J connectivity index is 1.96. The van der Waals surface area contributed by atoms with Crippen molar-refractivity contribution in [1.82, 2.24) is 0 Å². The van der Waals surface area contributed by atoms with Crippen LogP contribution in [0.2, 0.25) is 0 Å². The van der Waals surface area contributed by atoms with Gasteiger partial charge in [-0.3, -0.25) is 15.0 Å². The van der Waals surface area contributed by atoms with E-state index in [-0.39, 0.29) is 16.9 Å². The van der Waals surface area contributed by atoms with Crippen molar-refractivity contribution in [3.63, 3.8) is 0 Å². The molecular weight excluding hydrogens is 372 g/mol. The fourth-order valence-electron chi connectivity index (χ4n) is 2.29. The van der Waals surface area contributed by atoms with Crippen molar-refractivity contribution in [3.05, 3.63) is 69.7 Å². The number of carbonyl (C=O) groups is 2. The molecule has 0 aliphatic heterocycles. The number of fused-ring (bicyclic) bond motifs is 1. The zero-order chi connectivity index (χ0) is 17.3. The van der Waals surface area contributed by atoms with Crippen molar-refractivity contribution in [2.75, 3.05) is 5.32 Å². The molecule has 6 heteroatoms. The number of ketones is 1. The molecule has 5 nitrogen and oxygen atoms in total. The lowest BCUT2D eigenvalue weighted by molar-refractivity contribution is 0.100. The maximum absolute atomic E-state index is 12.5. The van der Waals surface area contributed by atoms with Gasteiger partial charge in [-0.15, -0.1) is 0 Å². The lowest BCUT2D eigenvalue weighted by atomic mass is 10.1. The van der Waals surface area contributed by atoms with Crippen LogP contribution in [0.3, 0.4) is 0 Å². The standard InChI is InChI=1S/C18H13BrN2O3/c1-10(22)11-3-2-4-14(8-11)21-18(23)15-9-12-7-13(19)5-6-16(12)24-17(15)20/h2-9,20H,1H3,(H,21,23). The van der Waals surface area contributed by atoms with Gasteiger partial charge in [-0.25, -0.2) is 0 Å².